The highest BCUT2D eigenvalue weighted by Gasteiger charge is 2.33. The van der Waals surface area contributed by atoms with Gasteiger partial charge in [-0.05, 0) is 47.5 Å². The molecule has 2 N–H and O–H groups in total. The Labute approximate surface area is 148 Å². The largest absolute Gasteiger partial charge is 0.493 e. The van der Waals surface area contributed by atoms with Crippen LogP contribution in [0.2, 0.25) is 0 Å². The van der Waals surface area contributed by atoms with E-state index in [1.54, 1.807) is 26.0 Å². The molecule has 1 aliphatic heterocycles. The molecular weight excluding hydrogens is 380 g/mol. The summed E-state index contributed by atoms with van der Waals surface area (Å²) in [5.74, 6) is 0.522. The van der Waals surface area contributed by atoms with E-state index < -0.39 is 18.0 Å². The molecule has 1 aliphatic rings. The minimum absolute atomic E-state index is 0.242. The second kappa shape index (κ2) is 7.57. The Balaban J connectivity index is 2.55. The lowest BCUT2D eigenvalue weighted by Gasteiger charge is -2.28. The highest BCUT2D eigenvalue weighted by atomic mass is 79.9. The molecule has 24 heavy (non-hydrogen) atoms. The minimum atomic E-state index is -0.658. The molecule has 0 radical (unpaired) electrons. The predicted molar refractivity (Wildman–Crippen MR) is 91.0 cm³/mol. The number of carbonyl (C=O) groups is 2. The third-order valence-electron chi connectivity index (χ3n) is 3.55. The van der Waals surface area contributed by atoms with Gasteiger partial charge in [0.25, 0.3) is 0 Å². The highest BCUT2D eigenvalue weighted by Crippen LogP contribution is 2.40. The van der Waals surface area contributed by atoms with Crippen LogP contribution in [0.1, 0.15) is 25.5 Å². The van der Waals surface area contributed by atoms with Gasteiger partial charge in [-0.3, -0.25) is 0 Å². The minimum Gasteiger partial charge on any atom is -0.493 e. The third-order valence-corrected chi connectivity index (χ3v) is 4.14. The predicted octanol–water partition coefficient (Wildman–Crippen LogP) is 2.66. The van der Waals surface area contributed by atoms with Crippen LogP contribution in [0.15, 0.2) is 27.9 Å². The first-order chi connectivity index (χ1) is 11.4. The molecule has 0 saturated heterocycles. The van der Waals surface area contributed by atoms with E-state index in [4.69, 9.17) is 14.2 Å². The summed E-state index contributed by atoms with van der Waals surface area (Å²) < 4.78 is 16.4. The first-order valence-electron chi connectivity index (χ1n) is 7.29. The summed E-state index contributed by atoms with van der Waals surface area (Å²) in [5.41, 5.74) is 1.46. The van der Waals surface area contributed by atoms with Gasteiger partial charge in [-0.15, -0.1) is 0 Å². The van der Waals surface area contributed by atoms with E-state index >= 15 is 0 Å². The molecule has 1 atom stereocenters. The molecule has 0 fully saturated rings. The van der Waals surface area contributed by atoms with Gasteiger partial charge in [-0.25, -0.2) is 9.59 Å². The molecule has 2 rings (SSSR count). The molecule has 1 heterocycles. The summed E-state index contributed by atoms with van der Waals surface area (Å²) in [7, 11) is 3.05. The number of halogens is 1. The Kier molecular flexibility index (Phi) is 5.71. The van der Waals surface area contributed by atoms with Crippen molar-refractivity contribution in [2.75, 3.05) is 20.8 Å². The van der Waals surface area contributed by atoms with Crippen LogP contribution in [0.4, 0.5) is 4.79 Å². The molecule has 7 nitrogen and oxygen atoms in total. The molecule has 8 heteroatoms. The number of methoxy groups -OCH3 is 2. The Morgan fingerprint density at radius 2 is 2.00 bits per heavy atom. The fraction of sp³-hybridized carbons (Fsp3) is 0.375. The Bertz CT molecular complexity index is 702. The topological polar surface area (TPSA) is 85.9 Å². The van der Waals surface area contributed by atoms with Crippen molar-refractivity contribution in [3.05, 3.63) is 33.4 Å². The normalized spacial score (nSPS) is 17.0. The number of benzene rings is 1. The molecule has 0 aromatic heterocycles. The number of nitrogens with one attached hydrogen (secondary N) is 2. The molecule has 130 valence electrons. The van der Waals surface area contributed by atoms with Crippen LogP contribution in [0.5, 0.6) is 11.5 Å². The SMILES string of the molecule is CCOC(=O)C1=C(C)NC(=O)N[C@H]1c1cc(Br)c(OC)c(OC)c1. The number of rotatable bonds is 5. The van der Waals surface area contributed by atoms with Gasteiger partial charge in [0, 0.05) is 5.70 Å². The lowest BCUT2D eigenvalue weighted by Crippen LogP contribution is -2.45. The summed E-state index contributed by atoms with van der Waals surface area (Å²) in [4.78, 5) is 24.2. The van der Waals surface area contributed by atoms with Gasteiger partial charge in [0.15, 0.2) is 11.5 Å². The maximum atomic E-state index is 12.3. The monoisotopic (exact) mass is 398 g/mol. The van der Waals surface area contributed by atoms with E-state index in [-0.39, 0.29) is 6.61 Å². The van der Waals surface area contributed by atoms with Crippen LogP contribution in [0.3, 0.4) is 0 Å². The lowest BCUT2D eigenvalue weighted by molar-refractivity contribution is -0.139. The van der Waals surface area contributed by atoms with Crippen molar-refractivity contribution < 1.29 is 23.8 Å². The summed E-state index contributed by atoms with van der Waals surface area (Å²) >= 11 is 3.42. The number of hydrogen-bond acceptors (Lipinski definition) is 5. The van der Waals surface area contributed by atoms with Gasteiger partial charge < -0.3 is 24.8 Å². The molecule has 1 aromatic rings. The molecule has 0 aliphatic carbocycles. The fourth-order valence-corrected chi connectivity index (χ4v) is 3.15. The van der Waals surface area contributed by atoms with Crippen molar-refractivity contribution in [1.82, 2.24) is 10.6 Å². The highest BCUT2D eigenvalue weighted by molar-refractivity contribution is 9.10. The second-order valence-corrected chi connectivity index (χ2v) is 5.88. The van der Waals surface area contributed by atoms with Crippen molar-refractivity contribution in [3.8, 4) is 11.5 Å². The average Bonchev–Trinajstić information content (AvgIpc) is 2.53. The molecule has 0 bridgehead atoms. The van der Waals surface area contributed by atoms with Crippen LogP contribution in [-0.4, -0.2) is 32.8 Å². The number of amides is 2. The van der Waals surface area contributed by atoms with Gasteiger partial charge in [-0.2, -0.15) is 0 Å². The van der Waals surface area contributed by atoms with Crippen LogP contribution >= 0.6 is 15.9 Å². The van der Waals surface area contributed by atoms with E-state index in [0.717, 1.165) is 0 Å². The van der Waals surface area contributed by atoms with Crippen LogP contribution < -0.4 is 20.1 Å². The van der Waals surface area contributed by atoms with Crippen molar-refractivity contribution in [3.63, 3.8) is 0 Å². The number of urea groups is 1. The Hall–Kier alpha value is -2.22. The van der Waals surface area contributed by atoms with E-state index in [1.807, 2.05) is 0 Å². The van der Waals surface area contributed by atoms with Crippen molar-refractivity contribution >= 4 is 27.9 Å². The first kappa shape index (κ1) is 18.1. The zero-order valence-corrected chi connectivity index (χ0v) is 15.4. The molecule has 0 saturated carbocycles. The quantitative estimate of drug-likeness (QED) is 0.744. The number of carbonyl (C=O) groups excluding carboxylic acids is 2. The Morgan fingerprint density at radius 3 is 2.58 bits per heavy atom. The van der Waals surface area contributed by atoms with E-state index in [0.29, 0.717) is 32.8 Å². The fourth-order valence-electron chi connectivity index (χ4n) is 2.53. The standard InChI is InChI=1S/C16H19BrN2O5/c1-5-24-15(20)12-8(2)18-16(21)19-13(12)9-6-10(17)14(23-4)11(7-9)22-3/h6-7,13H,5H2,1-4H3,(H2,18,19,21)/t13-/m0/s1. The molecule has 0 unspecified atom stereocenters. The summed E-state index contributed by atoms with van der Waals surface area (Å²) in [6, 6.07) is 2.43. The maximum Gasteiger partial charge on any atom is 0.338 e. The van der Waals surface area contributed by atoms with Crippen LogP contribution in [0.25, 0.3) is 0 Å². The van der Waals surface area contributed by atoms with E-state index in [2.05, 4.69) is 26.6 Å². The number of ether oxygens (including phenoxy) is 3. The summed E-state index contributed by atoms with van der Waals surface area (Å²) in [6.07, 6.45) is 0. The van der Waals surface area contributed by atoms with Crippen molar-refractivity contribution in [2.45, 2.75) is 19.9 Å². The molecule has 0 spiro atoms. The third kappa shape index (κ3) is 3.48. The summed E-state index contributed by atoms with van der Waals surface area (Å²) in [5, 5.41) is 5.34. The van der Waals surface area contributed by atoms with Gasteiger partial charge in [0.05, 0.1) is 36.9 Å². The van der Waals surface area contributed by atoms with Crippen molar-refractivity contribution in [1.29, 1.82) is 0 Å². The maximum absolute atomic E-state index is 12.3. The number of hydrogen-bond donors (Lipinski definition) is 2. The zero-order valence-electron chi connectivity index (χ0n) is 13.9. The second-order valence-electron chi connectivity index (χ2n) is 5.03. The molecule has 2 amide bonds. The van der Waals surface area contributed by atoms with Gasteiger partial charge in [0.1, 0.15) is 0 Å². The lowest BCUT2D eigenvalue weighted by atomic mass is 9.95. The van der Waals surface area contributed by atoms with Gasteiger partial charge >= 0.3 is 12.0 Å². The van der Waals surface area contributed by atoms with Gasteiger partial charge in [0.2, 0.25) is 0 Å². The molecular formula is C16H19BrN2O5. The first-order valence-corrected chi connectivity index (χ1v) is 8.09. The summed E-state index contributed by atoms with van der Waals surface area (Å²) in [6.45, 7) is 3.63. The van der Waals surface area contributed by atoms with Crippen LogP contribution in [0, 0.1) is 0 Å². The van der Waals surface area contributed by atoms with E-state index in [9.17, 15) is 9.59 Å². The van der Waals surface area contributed by atoms with E-state index in [1.165, 1.54) is 14.2 Å². The zero-order chi connectivity index (χ0) is 17.9. The Morgan fingerprint density at radius 1 is 1.29 bits per heavy atom. The average molecular weight is 399 g/mol. The van der Waals surface area contributed by atoms with Crippen LogP contribution in [-0.2, 0) is 9.53 Å². The molecule has 1 aromatic carbocycles. The van der Waals surface area contributed by atoms with Crippen molar-refractivity contribution in [2.24, 2.45) is 0 Å². The number of allylic oxidation sites excluding steroid dienone is 1. The number of esters is 1. The van der Waals surface area contributed by atoms with Gasteiger partial charge in [-0.1, -0.05) is 0 Å². The smallest absolute Gasteiger partial charge is 0.338 e.